The van der Waals surface area contributed by atoms with E-state index in [1.54, 1.807) is 39.0 Å². The second-order valence-corrected chi connectivity index (χ2v) is 8.32. The van der Waals surface area contributed by atoms with Gasteiger partial charge in [-0.05, 0) is 32.9 Å². The van der Waals surface area contributed by atoms with Gasteiger partial charge >= 0.3 is 6.09 Å². The summed E-state index contributed by atoms with van der Waals surface area (Å²) in [5.74, 6) is 0. The summed E-state index contributed by atoms with van der Waals surface area (Å²) in [7, 11) is -3.65. The van der Waals surface area contributed by atoms with Crippen molar-refractivity contribution in [2.75, 3.05) is 31.9 Å². The van der Waals surface area contributed by atoms with Crippen molar-refractivity contribution in [2.45, 2.75) is 31.3 Å². The van der Waals surface area contributed by atoms with Gasteiger partial charge in [-0.1, -0.05) is 12.1 Å². The Morgan fingerprint density at radius 1 is 1.13 bits per heavy atom. The molecule has 1 aromatic rings. The summed E-state index contributed by atoms with van der Waals surface area (Å²) in [6.45, 7) is 6.41. The molecule has 0 atom stereocenters. The Balaban J connectivity index is 2.04. The van der Waals surface area contributed by atoms with E-state index in [1.807, 2.05) is 0 Å². The fourth-order valence-electron chi connectivity index (χ4n) is 2.29. The normalized spacial score (nSPS) is 17.1. The minimum Gasteiger partial charge on any atom is -0.444 e. The highest BCUT2D eigenvalue weighted by atomic mass is 32.2. The molecule has 2 rings (SSSR count). The van der Waals surface area contributed by atoms with Crippen LogP contribution in [0.1, 0.15) is 20.8 Å². The number of piperazine rings is 1. The van der Waals surface area contributed by atoms with Crippen LogP contribution < -0.4 is 5.73 Å². The van der Waals surface area contributed by atoms with Crippen molar-refractivity contribution in [3.63, 3.8) is 0 Å². The van der Waals surface area contributed by atoms with Crippen molar-refractivity contribution in [1.82, 2.24) is 9.21 Å². The highest BCUT2D eigenvalue weighted by Gasteiger charge is 2.32. The van der Waals surface area contributed by atoms with Gasteiger partial charge in [0.2, 0.25) is 10.0 Å². The lowest BCUT2D eigenvalue weighted by atomic mass is 10.2. The van der Waals surface area contributed by atoms with E-state index in [4.69, 9.17) is 10.5 Å². The molecular formula is C15H23N3O4S. The topological polar surface area (TPSA) is 92.9 Å². The quantitative estimate of drug-likeness (QED) is 0.823. The molecule has 1 saturated heterocycles. The first-order valence-corrected chi connectivity index (χ1v) is 8.88. The second kappa shape index (κ2) is 6.37. The van der Waals surface area contributed by atoms with E-state index in [0.717, 1.165) is 0 Å². The van der Waals surface area contributed by atoms with Crippen molar-refractivity contribution in [2.24, 2.45) is 0 Å². The Morgan fingerprint density at radius 2 is 1.70 bits per heavy atom. The van der Waals surface area contributed by atoms with Gasteiger partial charge in [0.15, 0.2) is 0 Å². The monoisotopic (exact) mass is 341 g/mol. The van der Waals surface area contributed by atoms with Gasteiger partial charge in [-0.2, -0.15) is 4.31 Å². The molecule has 8 heteroatoms. The van der Waals surface area contributed by atoms with Crippen LogP contribution in [0.4, 0.5) is 10.5 Å². The smallest absolute Gasteiger partial charge is 0.410 e. The number of sulfonamides is 1. The van der Waals surface area contributed by atoms with Gasteiger partial charge in [0, 0.05) is 26.2 Å². The molecule has 1 aromatic carbocycles. The molecule has 23 heavy (non-hydrogen) atoms. The van der Waals surface area contributed by atoms with Crippen molar-refractivity contribution >= 4 is 21.8 Å². The van der Waals surface area contributed by atoms with Gasteiger partial charge in [-0.15, -0.1) is 0 Å². The average molecular weight is 341 g/mol. The number of anilines is 1. The Kier molecular flexibility index (Phi) is 4.86. The number of benzene rings is 1. The third-order valence-corrected chi connectivity index (χ3v) is 5.40. The maximum atomic E-state index is 12.6. The Labute approximate surface area is 137 Å². The Bertz CT molecular complexity index is 674. The molecule has 2 N–H and O–H groups in total. The molecular weight excluding hydrogens is 318 g/mol. The molecule has 0 aliphatic carbocycles. The van der Waals surface area contributed by atoms with Crippen LogP contribution in [0.3, 0.4) is 0 Å². The molecule has 7 nitrogen and oxygen atoms in total. The van der Waals surface area contributed by atoms with Gasteiger partial charge in [0.05, 0.1) is 5.69 Å². The zero-order chi connectivity index (χ0) is 17.3. The van der Waals surface area contributed by atoms with E-state index in [2.05, 4.69) is 0 Å². The van der Waals surface area contributed by atoms with Gasteiger partial charge in [-0.25, -0.2) is 13.2 Å². The second-order valence-electron chi connectivity index (χ2n) is 6.41. The van der Waals surface area contributed by atoms with Crippen molar-refractivity contribution in [1.29, 1.82) is 0 Å². The fraction of sp³-hybridized carbons (Fsp3) is 0.533. The fourth-order valence-corrected chi connectivity index (χ4v) is 3.83. The highest BCUT2D eigenvalue weighted by Crippen LogP contribution is 2.23. The summed E-state index contributed by atoms with van der Waals surface area (Å²) in [6, 6.07) is 6.38. The first-order chi connectivity index (χ1) is 10.6. The van der Waals surface area contributed by atoms with Crippen LogP contribution in [-0.2, 0) is 14.8 Å². The maximum Gasteiger partial charge on any atom is 0.410 e. The summed E-state index contributed by atoms with van der Waals surface area (Å²) in [5.41, 5.74) is 5.42. The molecule has 1 aliphatic rings. The number of carbonyl (C=O) groups excluding carboxylic acids is 1. The Morgan fingerprint density at radius 3 is 2.22 bits per heavy atom. The Hall–Kier alpha value is -1.80. The lowest BCUT2D eigenvalue weighted by Gasteiger charge is -2.35. The summed E-state index contributed by atoms with van der Waals surface area (Å²) >= 11 is 0. The molecule has 0 aromatic heterocycles. The molecule has 0 saturated carbocycles. The summed E-state index contributed by atoms with van der Waals surface area (Å²) in [5, 5.41) is 0. The standard InChI is InChI=1S/C15H23N3O4S/c1-15(2,3)22-14(19)17-8-10-18(11-9-17)23(20,21)13-7-5-4-6-12(13)16/h4-7H,8-11,16H2,1-3H3. The van der Waals surface area contributed by atoms with Gasteiger partial charge in [-0.3, -0.25) is 0 Å². The molecule has 1 fully saturated rings. The third-order valence-electron chi connectivity index (χ3n) is 3.43. The van der Waals surface area contributed by atoms with Gasteiger partial charge < -0.3 is 15.4 Å². The van der Waals surface area contributed by atoms with Crippen LogP contribution >= 0.6 is 0 Å². The molecule has 0 bridgehead atoms. The third kappa shape index (κ3) is 4.14. The largest absolute Gasteiger partial charge is 0.444 e. The molecule has 1 aliphatic heterocycles. The van der Waals surface area contributed by atoms with Crippen LogP contribution in [0.25, 0.3) is 0 Å². The van der Waals surface area contributed by atoms with E-state index in [9.17, 15) is 13.2 Å². The number of amides is 1. The minimum absolute atomic E-state index is 0.103. The number of rotatable bonds is 2. The lowest BCUT2D eigenvalue weighted by Crippen LogP contribution is -2.51. The van der Waals surface area contributed by atoms with Crippen molar-refractivity contribution in [3.05, 3.63) is 24.3 Å². The molecule has 1 heterocycles. The van der Waals surface area contributed by atoms with Crippen LogP contribution in [0.15, 0.2) is 29.2 Å². The zero-order valence-electron chi connectivity index (χ0n) is 13.7. The number of nitrogens with two attached hydrogens (primary N) is 1. The first kappa shape index (κ1) is 17.6. The summed E-state index contributed by atoms with van der Waals surface area (Å²) in [4.78, 5) is 13.6. The van der Waals surface area contributed by atoms with E-state index < -0.39 is 21.7 Å². The molecule has 1 amide bonds. The van der Waals surface area contributed by atoms with Crippen molar-refractivity contribution < 1.29 is 17.9 Å². The van der Waals surface area contributed by atoms with E-state index in [0.29, 0.717) is 13.1 Å². The van der Waals surface area contributed by atoms with Crippen molar-refractivity contribution in [3.8, 4) is 0 Å². The SMILES string of the molecule is CC(C)(C)OC(=O)N1CCN(S(=O)(=O)c2ccccc2N)CC1. The number of nitrogen functional groups attached to an aromatic ring is 1. The number of hydrogen-bond acceptors (Lipinski definition) is 5. The van der Waals surface area contributed by atoms with Gasteiger partial charge in [0.25, 0.3) is 0 Å². The highest BCUT2D eigenvalue weighted by molar-refractivity contribution is 7.89. The number of para-hydroxylation sites is 1. The number of nitrogens with zero attached hydrogens (tertiary/aromatic N) is 2. The molecule has 128 valence electrons. The maximum absolute atomic E-state index is 12.6. The number of ether oxygens (including phenoxy) is 1. The van der Waals surface area contributed by atoms with Crippen LogP contribution in [0, 0.1) is 0 Å². The predicted molar refractivity (Wildman–Crippen MR) is 87.4 cm³/mol. The lowest BCUT2D eigenvalue weighted by molar-refractivity contribution is 0.0192. The summed E-state index contributed by atoms with van der Waals surface area (Å²) in [6.07, 6.45) is -0.422. The number of carbonyl (C=O) groups is 1. The van der Waals surface area contributed by atoms with Crippen LogP contribution in [0.2, 0.25) is 0 Å². The molecule has 0 spiro atoms. The number of hydrogen-bond donors (Lipinski definition) is 1. The van der Waals surface area contributed by atoms with E-state index >= 15 is 0 Å². The predicted octanol–water partition coefficient (Wildman–Crippen LogP) is 1.51. The van der Waals surface area contributed by atoms with Gasteiger partial charge in [0.1, 0.15) is 10.5 Å². The first-order valence-electron chi connectivity index (χ1n) is 7.44. The van der Waals surface area contributed by atoms with Crippen LogP contribution in [-0.4, -0.2) is 55.5 Å². The summed E-state index contributed by atoms with van der Waals surface area (Å²) < 4.78 is 31.9. The molecule has 0 radical (unpaired) electrons. The zero-order valence-corrected chi connectivity index (χ0v) is 14.5. The van der Waals surface area contributed by atoms with E-state index in [-0.39, 0.29) is 23.7 Å². The van der Waals surface area contributed by atoms with Crippen LogP contribution in [0.5, 0.6) is 0 Å². The molecule has 0 unspecified atom stereocenters. The average Bonchev–Trinajstić information content (AvgIpc) is 2.46. The minimum atomic E-state index is -3.65. The van der Waals surface area contributed by atoms with E-state index in [1.165, 1.54) is 15.3 Å².